The predicted octanol–water partition coefficient (Wildman–Crippen LogP) is 3.54. The van der Waals surface area contributed by atoms with Crippen LogP contribution >= 0.6 is 11.3 Å². The molecule has 0 bridgehead atoms. The normalized spacial score (nSPS) is 10.5. The van der Waals surface area contributed by atoms with Gasteiger partial charge in [0.15, 0.2) is 6.61 Å². The van der Waals surface area contributed by atoms with Crippen LogP contribution in [0.15, 0.2) is 71.1 Å². The first kappa shape index (κ1) is 20.1. The number of amides is 2. The smallest absolute Gasteiger partial charge is 0.281 e. The van der Waals surface area contributed by atoms with Gasteiger partial charge in [-0.2, -0.15) is 5.10 Å². The van der Waals surface area contributed by atoms with Crippen molar-refractivity contribution in [3.05, 3.63) is 76.5 Å². The Labute approximate surface area is 172 Å². The molecular weight excluding hydrogens is 390 g/mol. The molecule has 0 spiro atoms. The maximum atomic E-state index is 12.1. The van der Waals surface area contributed by atoms with E-state index >= 15 is 0 Å². The van der Waals surface area contributed by atoms with E-state index in [1.807, 2.05) is 17.5 Å². The zero-order valence-electron chi connectivity index (χ0n) is 15.6. The van der Waals surface area contributed by atoms with Crippen molar-refractivity contribution in [1.82, 2.24) is 5.43 Å². The van der Waals surface area contributed by atoms with Gasteiger partial charge in [0.05, 0.1) is 23.9 Å². The van der Waals surface area contributed by atoms with E-state index in [-0.39, 0.29) is 18.4 Å². The minimum Gasteiger partial charge on any atom is -0.495 e. The maximum absolute atomic E-state index is 12.1. The fraction of sp³-hybridized carbons (Fsp3) is 0.0952. The highest BCUT2D eigenvalue weighted by molar-refractivity contribution is 7.12. The highest BCUT2D eigenvalue weighted by Gasteiger charge is 2.08. The molecular formula is C21H19N3O4S. The van der Waals surface area contributed by atoms with E-state index in [1.165, 1.54) is 17.6 Å². The summed E-state index contributed by atoms with van der Waals surface area (Å²) in [5, 5.41) is 8.50. The van der Waals surface area contributed by atoms with Crippen molar-refractivity contribution in [3.63, 3.8) is 0 Å². The quantitative estimate of drug-likeness (QED) is 0.440. The summed E-state index contributed by atoms with van der Waals surface area (Å²) >= 11 is 1.35. The molecule has 8 heteroatoms. The van der Waals surface area contributed by atoms with E-state index in [2.05, 4.69) is 15.8 Å². The van der Waals surface area contributed by atoms with Crippen molar-refractivity contribution in [2.24, 2.45) is 5.10 Å². The summed E-state index contributed by atoms with van der Waals surface area (Å²) in [6, 6.07) is 17.7. The van der Waals surface area contributed by atoms with Crippen LogP contribution in [0.25, 0.3) is 0 Å². The van der Waals surface area contributed by atoms with Gasteiger partial charge in [-0.3, -0.25) is 9.59 Å². The van der Waals surface area contributed by atoms with Gasteiger partial charge in [-0.1, -0.05) is 18.2 Å². The fourth-order valence-electron chi connectivity index (χ4n) is 2.36. The van der Waals surface area contributed by atoms with E-state index in [0.717, 1.165) is 5.56 Å². The fourth-order valence-corrected chi connectivity index (χ4v) is 2.98. The molecule has 3 aromatic rings. The number of methoxy groups -OCH3 is 1. The van der Waals surface area contributed by atoms with Crippen LogP contribution in [0.5, 0.6) is 11.5 Å². The Morgan fingerprint density at radius 3 is 2.59 bits per heavy atom. The van der Waals surface area contributed by atoms with Gasteiger partial charge in [0, 0.05) is 0 Å². The van der Waals surface area contributed by atoms with Crippen LogP contribution in [0.2, 0.25) is 0 Å². The highest BCUT2D eigenvalue weighted by atomic mass is 32.1. The lowest BCUT2D eigenvalue weighted by molar-refractivity contribution is -0.118. The van der Waals surface area contributed by atoms with Crippen molar-refractivity contribution in [2.75, 3.05) is 19.0 Å². The second-order valence-electron chi connectivity index (χ2n) is 5.78. The molecule has 148 valence electrons. The lowest BCUT2D eigenvalue weighted by Crippen LogP contribution is -2.20. The molecule has 1 heterocycles. The highest BCUT2D eigenvalue weighted by Crippen LogP contribution is 2.22. The Morgan fingerprint density at radius 2 is 1.86 bits per heavy atom. The Kier molecular flexibility index (Phi) is 6.96. The summed E-state index contributed by atoms with van der Waals surface area (Å²) in [7, 11) is 1.54. The monoisotopic (exact) mass is 409 g/mol. The molecule has 0 aliphatic heterocycles. The number of hydrogen-bond donors (Lipinski definition) is 2. The molecule has 7 nitrogen and oxygen atoms in total. The summed E-state index contributed by atoms with van der Waals surface area (Å²) in [5.74, 6) is 0.573. The lowest BCUT2D eigenvalue weighted by atomic mass is 10.2. The number of rotatable bonds is 8. The van der Waals surface area contributed by atoms with Crippen molar-refractivity contribution >= 4 is 35.1 Å². The first-order valence-electron chi connectivity index (χ1n) is 8.68. The van der Waals surface area contributed by atoms with E-state index in [1.54, 1.807) is 55.6 Å². The maximum Gasteiger partial charge on any atom is 0.281 e. The average Bonchev–Trinajstić information content (AvgIpc) is 3.28. The van der Waals surface area contributed by atoms with Crippen LogP contribution in [0, 0.1) is 0 Å². The number of anilines is 1. The molecule has 1 aromatic heterocycles. The van der Waals surface area contributed by atoms with Crippen molar-refractivity contribution in [3.8, 4) is 11.5 Å². The number of para-hydroxylation sites is 2. The van der Waals surface area contributed by atoms with E-state index < -0.39 is 0 Å². The van der Waals surface area contributed by atoms with Gasteiger partial charge in [-0.25, -0.2) is 5.43 Å². The number of hydrogen-bond acceptors (Lipinski definition) is 6. The Balaban J connectivity index is 1.47. The molecule has 3 rings (SSSR count). The molecule has 0 unspecified atom stereocenters. The van der Waals surface area contributed by atoms with Crippen LogP contribution in [0.4, 0.5) is 5.69 Å². The summed E-state index contributed by atoms with van der Waals surface area (Å²) in [5.41, 5.74) is 3.83. The number of nitrogens with zero attached hydrogens (tertiary/aromatic N) is 1. The summed E-state index contributed by atoms with van der Waals surface area (Å²) in [6.45, 7) is -0.137. The second kappa shape index (κ2) is 10.0. The van der Waals surface area contributed by atoms with Gasteiger partial charge in [0.2, 0.25) is 0 Å². The predicted molar refractivity (Wildman–Crippen MR) is 113 cm³/mol. The van der Waals surface area contributed by atoms with Gasteiger partial charge < -0.3 is 14.8 Å². The van der Waals surface area contributed by atoms with E-state index in [9.17, 15) is 9.59 Å². The van der Waals surface area contributed by atoms with Crippen molar-refractivity contribution in [2.45, 2.75) is 0 Å². The van der Waals surface area contributed by atoms with Gasteiger partial charge in [0.25, 0.3) is 11.8 Å². The molecule has 0 aliphatic carbocycles. The number of thiophene rings is 1. The number of benzene rings is 2. The Morgan fingerprint density at radius 1 is 1.07 bits per heavy atom. The second-order valence-corrected chi connectivity index (χ2v) is 6.73. The van der Waals surface area contributed by atoms with Crippen molar-refractivity contribution < 1.29 is 19.1 Å². The lowest BCUT2D eigenvalue weighted by Gasteiger charge is -2.10. The molecule has 0 radical (unpaired) electrons. The van der Waals surface area contributed by atoms with Crippen LogP contribution < -0.4 is 20.2 Å². The number of ether oxygens (including phenoxy) is 2. The zero-order chi connectivity index (χ0) is 20.5. The molecule has 2 N–H and O–H groups in total. The average molecular weight is 409 g/mol. The third-order valence-electron chi connectivity index (χ3n) is 3.76. The minimum absolute atomic E-state index is 0.137. The molecule has 2 amide bonds. The molecule has 0 saturated carbocycles. The van der Waals surface area contributed by atoms with Crippen LogP contribution in [-0.4, -0.2) is 31.7 Å². The molecule has 2 aromatic carbocycles. The first-order chi connectivity index (χ1) is 14.2. The molecule has 0 aliphatic rings. The number of carbonyl (C=O) groups excluding carboxylic acids is 2. The standard InChI is InChI=1S/C21H19N3O4S/c1-27-18-6-3-2-5-17(18)23-20(25)14-28-16-10-8-15(9-11-16)13-22-24-21(26)19-7-4-12-29-19/h2-13H,14H2,1H3,(H,23,25)(H,24,26)/b22-13+. The number of hydrazone groups is 1. The molecule has 0 atom stereocenters. The number of nitrogens with one attached hydrogen (secondary N) is 2. The van der Waals surface area contributed by atoms with Crippen molar-refractivity contribution in [1.29, 1.82) is 0 Å². The van der Waals surface area contributed by atoms with E-state index in [4.69, 9.17) is 9.47 Å². The molecule has 0 fully saturated rings. The van der Waals surface area contributed by atoms with Crippen LogP contribution in [0.1, 0.15) is 15.2 Å². The summed E-state index contributed by atoms with van der Waals surface area (Å²) in [6.07, 6.45) is 1.53. The Bertz CT molecular complexity index is 985. The topological polar surface area (TPSA) is 89.0 Å². The van der Waals surface area contributed by atoms with Gasteiger partial charge >= 0.3 is 0 Å². The number of carbonyl (C=O) groups is 2. The largest absolute Gasteiger partial charge is 0.495 e. The SMILES string of the molecule is COc1ccccc1NC(=O)COc1ccc(/C=N/NC(=O)c2cccs2)cc1. The molecule has 0 saturated heterocycles. The van der Waals surface area contributed by atoms with Gasteiger partial charge in [0.1, 0.15) is 11.5 Å². The van der Waals surface area contributed by atoms with Gasteiger partial charge in [-0.15, -0.1) is 11.3 Å². The summed E-state index contributed by atoms with van der Waals surface area (Å²) in [4.78, 5) is 24.5. The third-order valence-corrected chi connectivity index (χ3v) is 4.62. The Hall–Kier alpha value is -3.65. The zero-order valence-corrected chi connectivity index (χ0v) is 16.4. The van der Waals surface area contributed by atoms with E-state index in [0.29, 0.717) is 22.1 Å². The van der Waals surface area contributed by atoms with Gasteiger partial charge in [-0.05, 0) is 53.4 Å². The first-order valence-corrected chi connectivity index (χ1v) is 9.56. The van der Waals surface area contributed by atoms with Crippen LogP contribution in [0.3, 0.4) is 0 Å². The summed E-state index contributed by atoms with van der Waals surface area (Å²) < 4.78 is 10.7. The molecule has 29 heavy (non-hydrogen) atoms. The van der Waals surface area contributed by atoms with Crippen LogP contribution in [-0.2, 0) is 4.79 Å². The third kappa shape index (κ3) is 5.91. The minimum atomic E-state index is -0.295.